The van der Waals surface area contributed by atoms with Crippen LogP contribution in [0.5, 0.6) is 0 Å². The molecule has 0 unspecified atom stereocenters. The van der Waals surface area contributed by atoms with Gasteiger partial charge < -0.3 is 0 Å². The first kappa shape index (κ1) is 8.25. The van der Waals surface area contributed by atoms with Crippen molar-refractivity contribution < 1.29 is 4.79 Å². The Kier molecular flexibility index (Phi) is 3.09. The molecule has 1 aliphatic carbocycles. The number of Topliss-reactive ketones (excluding diaryl/α,β-unsaturated/α-hetero) is 1. The van der Waals surface area contributed by atoms with E-state index in [1.165, 1.54) is 0 Å². The molecule has 0 aromatic carbocycles. The van der Waals surface area contributed by atoms with Crippen molar-refractivity contribution in [1.29, 1.82) is 0 Å². The molecule has 0 spiro atoms. The second kappa shape index (κ2) is 4.12. The van der Waals surface area contributed by atoms with Gasteiger partial charge in [-0.2, -0.15) is 0 Å². The third kappa shape index (κ3) is 2.34. The molecule has 0 bridgehead atoms. The minimum atomic E-state index is 0.339. The molecule has 0 radical (unpaired) electrons. The van der Waals surface area contributed by atoms with Gasteiger partial charge in [0.1, 0.15) is 0 Å². The standard InChI is InChI=1S/C10H14O/c1-2-3-4-6-9-7-5-8-10(9)11/h3-4,6H,2,5,7-8H2,1H3/b4-3+,9-6-. The van der Waals surface area contributed by atoms with E-state index < -0.39 is 0 Å². The SMILES string of the molecule is CC/C=C/C=C1/CCCC1=O. The summed E-state index contributed by atoms with van der Waals surface area (Å²) in [4.78, 5) is 11.1. The molecule has 11 heavy (non-hydrogen) atoms. The molecule has 1 fully saturated rings. The second-order valence-electron chi connectivity index (χ2n) is 2.81. The number of hydrogen-bond acceptors (Lipinski definition) is 1. The lowest BCUT2D eigenvalue weighted by molar-refractivity contribution is -0.114. The lowest BCUT2D eigenvalue weighted by Crippen LogP contribution is -1.89. The van der Waals surface area contributed by atoms with E-state index in [9.17, 15) is 4.79 Å². The summed E-state index contributed by atoms with van der Waals surface area (Å²) in [5, 5.41) is 0. The maximum atomic E-state index is 11.1. The predicted octanol–water partition coefficient (Wildman–Crippen LogP) is 2.63. The van der Waals surface area contributed by atoms with Crippen LogP contribution in [-0.2, 0) is 4.79 Å². The number of ketones is 1. The average molecular weight is 150 g/mol. The lowest BCUT2D eigenvalue weighted by Gasteiger charge is -1.87. The Bertz CT molecular complexity index is 199. The quantitative estimate of drug-likeness (QED) is 0.553. The van der Waals surface area contributed by atoms with Gasteiger partial charge in [0.2, 0.25) is 0 Å². The van der Waals surface area contributed by atoms with E-state index in [4.69, 9.17) is 0 Å². The molecule has 0 aromatic heterocycles. The molecule has 0 N–H and O–H groups in total. The predicted molar refractivity (Wildman–Crippen MR) is 46.4 cm³/mol. The molecular weight excluding hydrogens is 136 g/mol. The van der Waals surface area contributed by atoms with E-state index >= 15 is 0 Å². The zero-order chi connectivity index (χ0) is 8.10. The second-order valence-corrected chi connectivity index (χ2v) is 2.81. The highest BCUT2D eigenvalue weighted by atomic mass is 16.1. The van der Waals surface area contributed by atoms with Crippen molar-refractivity contribution in [3.63, 3.8) is 0 Å². The largest absolute Gasteiger partial charge is 0.295 e. The number of carbonyl (C=O) groups is 1. The molecule has 0 heterocycles. The minimum absolute atomic E-state index is 0.339. The van der Waals surface area contributed by atoms with Crippen LogP contribution in [0.2, 0.25) is 0 Å². The number of rotatable bonds is 2. The zero-order valence-electron chi connectivity index (χ0n) is 6.97. The van der Waals surface area contributed by atoms with E-state index in [0.717, 1.165) is 31.3 Å². The molecule has 0 aliphatic heterocycles. The van der Waals surface area contributed by atoms with Crippen molar-refractivity contribution in [2.24, 2.45) is 0 Å². The first-order valence-electron chi connectivity index (χ1n) is 4.23. The first-order valence-corrected chi connectivity index (χ1v) is 4.23. The van der Waals surface area contributed by atoms with Crippen LogP contribution in [0.3, 0.4) is 0 Å². The molecule has 60 valence electrons. The zero-order valence-corrected chi connectivity index (χ0v) is 6.97. The first-order chi connectivity index (χ1) is 5.34. The van der Waals surface area contributed by atoms with Crippen LogP contribution in [0, 0.1) is 0 Å². The van der Waals surface area contributed by atoms with Crippen LogP contribution in [0.1, 0.15) is 32.6 Å². The van der Waals surface area contributed by atoms with Crippen molar-refractivity contribution >= 4 is 5.78 Å². The van der Waals surface area contributed by atoms with Crippen LogP contribution in [0.25, 0.3) is 0 Å². The van der Waals surface area contributed by atoms with Crippen molar-refractivity contribution in [2.75, 3.05) is 0 Å². The van der Waals surface area contributed by atoms with E-state index in [-0.39, 0.29) is 0 Å². The Morgan fingerprint density at radius 2 is 2.27 bits per heavy atom. The Morgan fingerprint density at radius 1 is 1.45 bits per heavy atom. The van der Waals surface area contributed by atoms with Gasteiger partial charge >= 0.3 is 0 Å². The lowest BCUT2D eigenvalue weighted by atomic mass is 10.2. The van der Waals surface area contributed by atoms with Crippen LogP contribution in [-0.4, -0.2) is 5.78 Å². The van der Waals surface area contributed by atoms with Gasteiger partial charge in [0, 0.05) is 6.42 Å². The molecule has 1 rings (SSSR count). The molecule has 1 nitrogen and oxygen atoms in total. The van der Waals surface area contributed by atoms with Gasteiger partial charge in [-0.1, -0.05) is 25.2 Å². The van der Waals surface area contributed by atoms with Gasteiger partial charge in [-0.25, -0.2) is 0 Å². The fourth-order valence-electron chi connectivity index (χ4n) is 1.24. The third-order valence-corrected chi connectivity index (χ3v) is 1.88. The summed E-state index contributed by atoms with van der Waals surface area (Å²) >= 11 is 0. The molecule has 1 saturated carbocycles. The topological polar surface area (TPSA) is 17.1 Å². The van der Waals surface area contributed by atoms with Crippen molar-refractivity contribution in [3.8, 4) is 0 Å². The van der Waals surface area contributed by atoms with Gasteiger partial charge in [0.15, 0.2) is 5.78 Å². The average Bonchev–Trinajstić information content (AvgIpc) is 2.37. The number of hydrogen-bond donors (Lipinski definition) is 0. The van der Waals surface area contributed by atoms with E-state index in [1.54, 1.807) is 0 Å². The Balaban J connectivity index is 2.51. The van der Waals surface area contributed by atoms with Crippen molar-refractivity contribution in [3.05, 3.63) is 23.8 Å². The molecule has 0 aromatic rings. The summed E-state index contributed by atoms with van der Waals surface area (Å²) < 4.78 is 0. The summed E-state index contributed by atoms with van der Waals surface area (Å²) in [6.45, 7) is 2.09. The summed E-state index contributed by atoms with van der Waals surface area (Å²) in [6.07, 6.45) is 9.83. The smallest absolute Gasteiger partial charge is 0.158 e. The molecule has 1 heteroatoms. The minimum Gasteiger partial charge on any atom is -0.295 e. The van der Waals surface area contributed by atoms with Crippen LogP contribution < -0.4 is 0 Å². The highest BCUT2D eigenvalue weighted by Gasteiger charge is 2.15. The molecule has 0 atom stereocenters. The highest BCUT2D eigenvalue weighted by Crippen LogP contribution is 2.19. The molecular formula is C10H14O. The number of carbonyl (C=O) groups excluding carboxylic acids is 1. The van der Waals surface area contributed by atoms with Gasteiger partial charge in [0.05, 0.1) is 0 Å². The van der Waals surface area contributed by atoms with Crippen molar-refractivity contribution in [1.82, 2.24) is 0 Å². The monoisotopic (exact) mass is 150 g/mol. The molecule has 1 aliphatic rings. The van der Waals surface area contributed by atoms with E-state index in [0.29, 0.717) is 5.78 Å². The Hall–Kier alpha value is -0.850. The Morgan fingerprint density at radius 3 is 2.82 bits per heavy atom. The van der Waals surface area contributed by atoms with Crippen molar-refractivity contribution in [2.45, 2.75) is 32.6 Å². The summed E-state index contributed by atoms with van der Waals surface area (Å²) in [6, 6.07) is 0. The number of allylic oxidation sites excluding steroid dienone is 4. The van der Waals surface area contributed by atoms with Gasteiger partial charge in [0.25, 0.3) is 0 Å². The van der Waals surface area contributed by atoms with E-state index in [1.807, 2.05) is 12.2 Å². The van der Waals surface area contributed by atoms with Crippen LogP contribution in [0.15, 0.2) is 23.8 Å². The summed E-state index contributed by atoms with van der Waals surface area (Å²) in [7, 11) is 0. The maximum absolute atomic E-state index is 11.1. The fourth-order valence-corrected chi connectivity index (χ4v) is 1.24. The third-order valence-electron chi connectivity index (χ3n) is 1.88. The van der Waals surface area contributed by atoms with Gasteiger partial charge in [-0.05, 0) is 24.8 Å². The summed E-state index contributed by atoms with van der Waals surface area (Å²) in [5.74, 6) is 0.339. The van der Waals surface area contributed by atoms with Gasteiger partial charge in [-0.15, -0.1) is 0 Å². The van der Waals surface area contributed by atoms with E-state index in [2.05, 4.69) is 13.0 Å². The van der Waals surface area contributed by atoms with Crippen LogP contribution in [0.4, 0.5) is 0 Å². The van der Waals surface area contributed by atoms with Crippen LogP contribution >= 0.6 is 0 Å². The van der Waals surface area contributed by atoms with Gasteiger partial charge in [-0.3, -0.25) is 4.79 Å². The molecule has 0 amide bonds. The fraction of sp³-hybridized carbons (Fsp3) is 0.500. The normalized spacial score (nSPS) is 22.3. The summed E-state index contributed by atoms with van der Waals surface area (Å²) in [5.41, 5.74) is 1.01. The molecule has 0 saturated heterocycles. The maximum Gasteiger partial charge on any atom is 0.158 e. The Labute approximate surface area is 67.8 Å². The highest BCUT2D eigenvalue weighted by molar-refractivity contribution is 5.97.